The van der Waals surface area contributed by atoms with Crippen molar-refractivity contribution in [1.29, 1.82) is 0 Å². The van der Waals surface area contributed by atoms with Crippen LogP contribution in [0.15, 0.2) is 72.9 Å². The number of hydrogen-bond acceptors (Lipinski definition) is 6. The Morgan fingerprint density at radius 1 is 0.339 bits per heavy atom. The molecule has 0 saturated heterocycles. The van der Waals surface area contributed by atoms with Crippen molar-refractivity contribution in [3.05, 3.63) is 72.9 Å². The van der Waals surface area contributed by atoms with E-state index in [2.05, 4.69) is 93.7 Å². The van der Waals surface area contributed by atoms with Crippen molar-refractivity contribution < 1.29 is 28.6 Å². The van der Waals surface area contributed by atoms with E-state index in [1.54, 1.807) is 0 Å². The van der Waals surface area contributed by atoms with Gasteiger partial charge in [0.05, 0.1) is 0 Å². The van der Waals surface area contributed by atoms with Crippen LogP contribution in [0.5, 0.6) is 0 Å². The Morgan fingerprint density at radius 2 is 0.629 bits per heavy atom. The van der Waals surface area contributed by atoms with Crippen LogP contribution in [0.1, 0.15) is 245 Å². The third-order valence-electron chi connectivity index (χ3n) is 10.9. The Hall–Kier alpha value is -3.15. The molecular weight excluding hydrogens is 769 g/mol. The van der Waals surface area contributed by atoms with Gasteiger partial charge in [-0.1, -0.05) is 209 Å². The Kier molecular flexibility index (Phi) is 47.9. The van der Waals surface area contributed by atoms with Crippen LogP contribution in [0.4, 0.5) is 0 Å². The van der Waals surface area contributed by atoms with Gasteiger partial charge in [0.25, 0.3) is 0 Å². The summed E-state index contributed by atoms with van der Waals surface area (Å²) < 4.78 is 16.8. The number of unbranched alkanes of at least 4 members (excludes halogenated alkanes) is 23. The molecule has 6 heteroatoms. The Morgan fingerprint density at radius 3 is 1.02 bits per heavy atom. The zero-order valence-electron chi connectivity index (χ0n) is 40.6. The van der Waals surface area contributed by atoms with E-state index in [-0.39, 0.29) is 31.1 Å². The summed E-state index contributed by atoms with van der Waals surface area (Å²) >= 11 is 0. The molecule has 0 aromatic rings. The van der Waals surface area contributed by atoms with Crippen LogP contribution in [-0.2, 0) is 28.6 Å². The molecule has 0 radical (unpaired) electrons. The normalized spacial score (nSPS) is 12.6. The van der Waals surface area contributed by atoms with Gasteiger partial charge < -0.3 is 14.2 Å². The predicted molar refractivity (Wildman–Crippen MR) is 265 cm³/mol. The summed E-state index contributed by atoms with van der Waals surface area (Å²) in [7, 11) is 0. The van der Waals surface area contributed by atoms with Crippen LogP contribution in [0.3, 0.4) is 0 Å². The minimum Gasteiger partial charge on any atom is -0.462 e. The van der Waals surface area contributed by atoms with Crippen molar-refractivity contribution in [3.63, 3.8) is 0 Å². The van der Waals surface area contributed by atoms with E-state index in [0.29, 0.717) is 19.3 Å². The summed E-state index contributed by atoms with van der Waals surface area (Å²) in [5.41, 5.74) is 0. The van der Waals surface area contributed by atoms with E-state index in [1.807, 2.05) is 0 Å². The van der Waals surface area contributed by atoms with Crippen molar-refractivity contribution in [1.82, 2.24) is 0 Å². The SMILES string of the molecule is CC/C=C\C/C=C\C/C=C\C/C=C\C/C=C\CCCCCCCC(=O)OCC(COC(=O)CCCCCCCCCCCC)OC(=O)CCCCCCC/C=C\CCCCCC. The molecule has 0 aliphatic rings. The first kappa shape index (κ1) is 58.9. The number of allylic oxidation sites excluding steroid dienone is 12. The van der Waals surface area contributed by atoms with Crippen molar-refractivity contribution >= 4 is 17.9 Å². The van der Waals surface area contributed by atoms with Crippen molar-refractivity contribution in [3.8, 4) is 0 Å². The van der Waals surface area contributed by atoms with E-state index >= 15 is 0 Å². The minimum atomic E-state index is -0.784. The average Bonchev–Trinajstić information content (AvgIpc) is 3.27. The van der Waals surface area contributed by atoms with Gasteiger partial charge in [-0.3, -0.25) is 14.4 Å². The quantitative estimate of drug-likeness (QED) is 0.0262. The lowest BCUT2D eigenvalue weighted by molar-refractivity contribution is -0.167. The molecule has 0 aromatic carbocycles. The molecule has 0 N–H and O–H groups in total. The predicted octanol–water partition coefficient (Wildman–Crippen LogP) is 17.0. The second kappa shape index (κ2) is 50.5. The van der Waals surface area contributed by atoms with E-state index in [4.69, 9.17) is 14.2 Å². The largest absolute Gasteiger partial charge is 0.462 e. The molecule has 0 aliphatic heterocycles. The molecule has 0 bridgehead atoms. The maximum Gasteiger partial charge on any atom is 0.306 e. The molecule has 0 aromatic heterocycles. The molecule has 6 nitrogen and oxygen atoms in total. The highest BCUT2D eigenvalue weighted by Crippen LogP contribution is 2.14. The van der Waals surface area contributed by atoms with Gasteiger partial charge in [-0.2, -0.15) is 0 Å². The molecule has 0 spiro atoms. The maximum absolute atomic E-state index is 12.8. The van der Waals surface area contributed by atoms with Crippen LogP contribution < -0.4 is 0 Å². The van der Waals surface area contributed by atoms with Crippen LogP contribution in [-0.4, -0.2) is 37.2 Å². The molecule has 356 valence electrons. The van der Waals surface area contributed by atoms with E-state index < -0.39 is 6.10 Å². The zero-order chi connectivity index (χ0) is 45.1. The fraction of sp³-hybridized carbons (Fsp3) is 0.732. The van der Waals surface area contributed by atoms with Crippen LogP contribution in [0.2, 0.25) is 0 Å². The second-order valence-corrected chi connectivity index (χ2v) is 17.1. The summed E-state index contributed by atoms with van der Waals surface area (Å²) in [6.45, 7) is 6.47. The lowest BCUT2D eigenvalue weighted by atomic mass is 10.1. The Balaban J connectivity index is 4.36. The number of ether oxygens (including phenoxy) is 3. The molecule has 1 unspecified atom stereocenters. The molecule has 0 aliphatic carbocycles. The number of rotatable bonds is 46. The number of carbonyl (C=O) groups excluding carboxylic acids is 3. The molecule has 1 atom stereocenters. The van der Waals surface area contributed by atoms with Crippen LogP contribution in [0, 0.1) is 0 Å². The van der Waals surface area contributed by atoms with Crippen molar-refractivity contribution in [2.75, 3.05) is 13.2 Å². The average molecular weight is 865 g/mol. The van der Waals surface area contributed by atoms with Gasteiger partial charge in [-0.05, 0) is 89.9 Å². The fourth-order valence-electron chi connectivity index (χ4n) is 7.05. The maximum atomic E-state index is 12.8. The van der Waals surface area contributed by atoms with Gasteiger partial charge in [0.1, 0.15) is 13.2 Å². The standard InChI is InChI=1S/C56H96O6/c1-4-7-10-13-16-19-22-24-25-26-27-28-29-30-31-33-34-37-40-43-46-49-55(58)61-52-53(51-60-54(57)48-45-42-39-36-21-18-15-12-9-6-3)62-56(59)50-47-44-41-38-35-32-23-20-17-14-11-8-5-2/h7,10,16,19-20,23-25,27-28,30-31,53H,4-6,8-9,11-15,17-18,21-22,26,29,32-52H2,1-3H3/b10-7-,19-16-,23-20-,25-24-,28-27-,31-30-. The highest BCUT2D eigenvalue weighted by molar-refractivity contribution is 5.71. The molecule has 62 heavy (non-hydrogen) atoms. The van der Waals surface area contributed by atoms with E-state index in [9.17, 15) is 14.4 Å². The molecule has 0 saturated carbocycles. The van der Waals surface area contributed by atoms with Crippen LogP contribution >= 0.6 is 0 Å². The van der Waals surface area contributed by atoms with Gasteiger partial charge in [0.15, 0.2) is 6.10 Å². The molecule has 0 rings (SSSR count). The highest BCUT2D eigenvalue weighted by atomic mass is 16.6. The van der Waals surface area contributed by atoms with E-state index in [1.165, 1.54) is 83.5 Å². The lowest BCUT2D eigenvalue weighted by Gasteiger charge is -2.18. The van der Waals surface area contributed by atoms with Gasteiger partial charge >= 0.3 is 17.9 Å². The molecular formula is C56H96O6. The summed E-state index contributed by atoms with van der Waals surface area (Å²) in [5.74, 6) is -0.912. The summed E-state index contributed by atoms with van der Waals surface area (Å²) in [5, 5.41) is 0. The van der Waals surface area contributed by atoms with Crippen molar-refractivity contribution in [2.45, 2.75) is 252 Å². The second-order valence-electron chi connectivity index (χ2n) is 17.1. The smallest absolute Gasteiger partial charge is 0.306 e. The lowest BCUT2D eigenvalue weighted by Crippen LogP contribution is -2.30. The summed E-state index contributed by atoms with van der Waals surface area (Å²) in [6.07, 6.45) is 63.1. The minimum absolute atomic E-state index is 0.0837. The molecule has 0 amide bonds. The number of carbonyl (C=O) groups is 3. The van der Waals surface area contributed by atoms with Gasteiger partial charge in [0.2, 0.25) is 0 Å². The summed E-state index contributed by atoms with van der Waals surface area (Å²) in [4.78, 5) is 37.9. The molecule has 0 fully saturated rings. The van der Waals surface area contributed by atoms with E-state index in [0.717, 1.165) is 122 Å². The Bertz CT molecular complexity index is 1180. The summed E-state index contributed by atoms with van der Waals surface area (Å²) in [6, 6.07) is 0. The number of hydrogen-bond donors (Lipinski definition) is 0. The third kappa shape index (κ3) is 47.9. The Labute approximate surface area is 382 Å². The first-order valence-electron chi connectivity index (χ1n) is 25.9. The van der Waals surface area contributed by atoms with Gasteiger partial charge in [-0.15, -0.1) is 0 Å². The first-order valence-corrected chi connectivity index (χ1v) is 25.9. The highest BCUT2D eigenvalue weighted by Gasteiger charge is 2.19. The van der Waals surface area contributed by atoms with Crippen molar-refractivity contribution in [2.24, 2.45) is 0 Å². The first-order chi connectivity index (χ1) is 30.5. The third-order valence-corrected chi connectivity index (χ3v) is 10.9. The van der Waals surface area contributed by atoms with Gasteiger partial charge in [-0.25, -0.2) is 0 Å². The van der Waals surface area contributed by atoms with Gasteiger partial charge in [0, 0.05) is 19.3 Å². The molecule has 0 heterocycles. The zero-order valence-corrected chi connectivity index (χ0v) is 40.6. The topological polar surface area (TPSA) is 78.9 Å². The van der Waals surface area contributed by atoms with Crippen LogP contribution in [0.25, 0.3) is 0 Å². The monoisotopic (exact) mass is 865 g/mol. The number of esters is 3. The fourth-order valence-corrected chi connectivity index (χ4v) is 7.05.